The number of carbonyl (C=O) groups excluding carboxylic acids is 7. The normalized spacial score (nSPS) is 13.3. The van der Waals surface area contributed by atoms with Crippen molar-refractivity contribution in [1.29, 1.82) is 0 Å². The van der Waals surface area contributed by atoms with E-state index in [2.05, 4.69) is 25.9 Å². The lowest BCUT2D eigenvalue weighted by atomic mass is 10.1. The van der Waals surface area contributed by atoms with E-state index >= 15 is 0 Å². The summed E-state index contributed by atoms with van der Waals surface area (Å²) in [6.07, 6.45) is 2.03. The summed E-state index contributed by atoms with van der Waals surface area (Å²) >= 11 is 12.1. The van der Waals surface area contributed by atoms with Gasteiger partial charge >= 0.3 is 18.3 Å². The highest BCUT2D eigenvalue weighted by molar-refractivity contribution is 7.59. The summed E-state index contributed by atoms with van der Waals surface area (Å²) in [7, 11) is 4.13. The van der Waals surface area contributed by atoms with Gasteiger partial charge in [0.2, 0.25) is 23.6 Å². The Kier molecular flexibility index (Phi) is 33.9. The molecule has 0 spiro atoms. The van der Waals surface area contributed by atoms with Crippen LogP contribution in [0.3, 0.4) is 0 Å². The highest BCUT2D eigenvalue weighted by Gasteiger charge is 2.30. The van der Waals surface area contributed by atoms with Crippen LogP contribution < -0.4 is 16.0 Å². The van der Waals surface area contributed by atoms with Crippen LogP contribution in [0.5, 0.6) is 0 Å². The number of piperazine rings is 2. The number of pyridine rings is 2. The summed E-state index contributed by atoms with van der Waals surface area (Å²) in [5.41, 5.74) is 0.363. The van der Waals surface area contributed by atoms with E-state index in [1.165, 1.54) is 82.9 Å². The minimum atomic E-state index is -0.847. The third-order valence-corrected chi connectivity index (χ3v) is 15.8. The van der Waals surface area contributed by atoms with E-state index in [0.29, 0.717) is 71.9 Å². The number of ether oxygens (including phenoxy) is 3. The Hall–Kier alpha value is -7.40. The Morgan fingerprint density at radius 2 is 0.979 bits per heavy atom. The van der Waals surface area contributed by atoms with Crippen molar-refractivity contribution in [3.63, 3.8) is 0 Å². The number of aryl methyl sites for hydroxylation is 2. The molecule has 30 heteroatoms. The number of carbonyl (C=O) groups is 7. The molecule has 6 aromatic rings. The molecule has 0 unspecified atom stereocenters. The largest absolute Gasteiger partial charge is 0.447 e. The van der Waals surface area contributed by atoms with Crippen molar-refractivity contribution in [2.75, 3.05) is 97.4 Å². The van der Waals surface area contributed by atoms with Gasteiger partial charge in [-0.2, -0.15) is 27.0 Å². The molecule has 0 radical (unpaired) electrons. The van der Waals surface area contributed by atoms with Crippen LogP contribution in [-0.4, -0.2) is 186 Å². The molecule has 4 aromatic carbocycles. The molecule has 8 rings (SSSR count). The lowest BCUT2D eigenvalue weighted by Crippen LogP contribution is -2.51. The number of anilines is 2. The predicted octanol–water partition coefficient (Wildman–Crippen LogP) is 10.7. The lowest BCUT2D eigenvalue weighted by molar-refractivity contribution is -0.136. The fourth-order valence-electron chi connectivity index (χ4n) is 9.76. The molecular weight excluding hydrogens is 1330 g/mol. The van der Waals surface area contributed by atoms with Gasteiger partial charge in [0.25, 0.3) is 0 Å². The average Bonchev–Trinajstić information content (AvgIpc) is 0.915. The van der Waals surface area contributed by atoms with Crippen LogP contribution in [0.25, 0.3) is 21.5 Å². The number of nitrogens with zero attached hydrogens (tertiary/aromatic N) is 7. The maximum Gasteiger partial charge on any atom is 0.412 e. The van der Waals surface area contributed by atoms with Crippen LogP contribution in [0.2, 0.25) is 10.0 Å². The van der Waals surface area contributed by atoms with E-state index in [4.69, 9.17) is 42.5 Å². The number of aliphatic hydroxyl groups excluding tert-OH is 1. The van der Waals surface area contributed by atoms with Gasteiger partial charge in [-0.3, -0.25) is 29.8 Å². The molecular formula is C64H81Cl3F4N10O11S2. The molecule has 2 aliphatic rings. The van der Waals surface area contributed by atoms with Gasteiger partial charge in [-0.15, -0.1) is 12.4 Å². The number of hydrogen-bond donors (Lipinski definition) is 4. The smallest absolute Gasteiger partial charge is 0.412 e. The number of likely N-dealkylation sites (N-methyl/N-ethyl adjacent to an activating group) is 2. The van der Waals surface area contributed by atoms with E-state index in [-0.39, 0.29) is 149 Å². The average molecular weight is 1410 g/mol. The fraction of sp³-hybridized carbons (Fsp3) is 0.422. The molecule has 2 aliphatic heterocycles. The number of hydrogen-bond acceptors (Lipinski definition) is 14. The Labute approximate surface area is 573 Å². The van der Waals surface area contributed by atoms with Gasteiger partial charge in [0.1, 0.15) is 53.7 Å². The van der Waals surface area contributed by atoms with Crippen LogP contribution in [-0.2, 0) is 46.2 Å². The summed E-state index contributed by atoms with van der Waals surface area (Å²) in [6, 6.07) is 19.0. The van der Waals surface area contributed by atoms with Crippen LogP contribution >= 0.6 is 62.6 Å². The summed E-state index contributed by atoms with van der Waals surface area (Å²) in [6.45, 7) is 8.89. The molecule has 4 N–H and O–H groups in total. The van der Waals surface area contributed by atoms with E-state index in [9.17, 15) is 51.1 Å². The van der Waals surface area contributed by atoms with Crippen molar-refractivity contribution in [3.05, 3.63) is 142 Å². The molecule has 94 heavy (non-hydrogen) atoms. The first-order valence-corrected chi connectivity index (χ1v) is 30.2. The van der Waals surface area contributed by atoms with Crippen molar-refractivity contribution >= 4 is 138 Å². The molecule has 0 aliphatic carbocycles. The van der Waals surface area contributed by atoms with E-state index in [1.807, 2.05) is 0 Å². The Morgan fingerprint density at radius 3 is 1.38 bits per heavy atom. The maximum atomic E-state index is 13.9. The summed E-state index contributed by atoms with van der Waals surface area (Å²) in [5.74, 6) is -2.47. The molecule has 2 saturated heterocycles. The number of halogens is 7. The zero-order valence-electron chi connectivity index (χ0n) is 53.0. The number of aromatic nitrogens is 2. The summed E-state index contributed by atoms with van der Waals surface area (Å²) < 4.78 is 71.3. The number of fused-ring (bicyclic) bond motifs is 2. The lowest BCUT2D eigenvalue weighted by Gasteiger charge is -2.36. The van der Waals surface area contributed by atoms with Crippen LogP contribution in [0, 0.1) is 23.3 Å². The predicted molar refractivity (Wildman–Crippen MR) is 364 cm³/mol. The Morgan fingerprint density at radius 1 is 0.585 bits per heavy atom. The SMILES string of the molecule is CN(C(=O)CCc1cccc(F)c1Cl)[C@@H](CCC(=O)N1CCN(C(=O)OC(C)(C)C)CC1)COC(=O)Nc1cc2cc(F)ccc2cn1.CN(C(=O)CCc1cccc(F)c1Cl)[C@@H](CCC(=O)N1CCNCC1)COC(=O)Nc1cc2cc(F)ccc2cn1.CO.Cl.S.S. The number of aliphatic hydroxyl groups is 1. The van der Waals surface area contributed by atoms with Gasteiger partial charge in [0.05, 0.1) is 22.1 Å². The van der Waals surface area contributed by atoms with Gasteiger partial charge in [0, 0.05) is 122 Å². The zero-order chi connectivity index (χ0) is 66.4. The van der Waals surface area contributed by atoms with Crippen molar-refractivity contribution in [1.82, 2.24) is 39.8 Å². The molecule has 2 atom stereocenters. The molecule has 7 amide bonds. The molecule has 21 nitrogen and oxygen atoms in total. The first kappa shape index (κ1) is 80.8. The molecule has 0 bridgehead atoms. The molecule has 4 heterocycles. The third kappa shape index (κ3) is 25.1. The van der Waals surface area contributed by atoms with Crippen molar-refractivity contribution < 1.29 is 70.4 Å². The highest BCUT2D eigenvalue weighted by Crippen LogP contribution is 2.25. The van der Waals surface area contributed by atoms with E-state index in [0.717, 1.165) is 20.2 Å². The van der Waals surface area contributed by atoms with Crippen LogP contribution in [0.15, 0.2) is 97.3 Å². The molecule has 0 saturated carbocycles. The number of benzene rings is 4. The summed E-state index contributed by atoms with van der Waals surface area (Å²) in [4.78, 5) is 106. The first-order valence-electron chi connectivity index (χ1n) is 29.5. The fourth-order valence-corrected chi connectivity index (χ4v) is 10.2. The maximum absolute atomic E-state index is 13.9. The molecule has 514 valence electrons. The second kappa shape index (κ2) is 39.5. The van der Waals surface area contributed by atoms with Gasteiger partial charge in [-0.05, 0) is 129 Å². The monoisotopic (exact) mass is 1410 g/mol. The molecule has 2 aromatic heterocycles. The second-order valence-corrected chi connectivity index (χ2v) is 23.1. The summed E-state index contributed by atoms with van der Waals surface area (Å²) in [5, 5.41) is 17.7. The Balaban J connectivity index is 0.000000468. The minimum absolute atomic E-state index is 0. The first-order chi connectivity index (χ1) is 43.4. The van der Waals surface area contributed by atoms with Gasteiger partial charge < -0.3 is 49.1 Å². The Bertz CT molecular complexity index is 3520. The van der Waals surface area contributed by atoms with Crippen LogP contribution in [0.1, 0.15) is 70.4 Å². The van der Waals surface area contributed by atoms with Crippen molar-refractivity contribution in [2.45, 2.75) is 89.8 Å². The zero-order valence-corrected chi connectivity index (χ0v) is 57.3. The highest BCUT2D eigenvalue weighted by atomic mass is 35.5. The van der Waals surface area contributed by atoms with Gasteiger partial charge in [0.15, 0.2) is 0 Å². The van der Waals surface area contributed by atoms with Crippen molar-refractivity contribution in [2.24, 2.45) is 0 Å². The molecule has 2 fully saturated rings. The van der Waals surface area contributed by atoms with E-state index in [1.54, 1.807) is 73.8 Å². The van der Waals surface area contributed by atoms with Crippen molar-refractivity contribution in [3.8, 4) is 0 Å². The number of nitrogens with one attached hydrogen (secondary N) is 3. The number of amides is 7. The van der Waals surface area contributed by atoms with Gasteiger partial charge in [-0.1, -0.05) is 47.5 Å². The number of rotatable bonds is 20. The second-order valence-electron chi connectivity index (χ2n) is 22.4. The van der Waals surface area contributed by atoms with Crippen LogP contribution in [0.4, 0.5) is 43.6 Å². The van der Waals surface area contributed by atoms with E-state index < -0.39 is 59.2 Å². The quantitative estimate of drug-likeness (QED) is 0.0410. The standard InChI is InChI=1S/C34H40ClF2N5O6.C29H32ClF2N5O4.CH4O.ClH.2H2S/c1-34(2,3)48-33(46)42-16-14-41(15-17-42)30(44)13-11-26(40(4)29(43)12-9-22-6-5-7-27(37)31(22)35)21-47-32(45)39-28-19-24-18-25(36)10-8-23(24)20-38-28;1-36(26(38)9-6-19-3-2-4-24(32)28(19)30)23(8-10-27(39)37-13-11-33-12-14-37)18-41-29(40)35-25-16-21-15-22(31)7-5-20(21)17-34-25;1-2;;;/h5-8,10,18-20,26H,9,11-17,21H2,1-4H3,(H,38,39,45);2-5,7,15-17,23,33H,6,8-14,18H2,1H3,(H,34,35,40);2H,1H3;1H;2*1H2/t26-;23-;;;;/m00..../s1. The minimum Gasteiger partial charge on any atom is -0.447 e. The van der Waals surface area contributed by atoms with Gasteiger partial charge in [-0.25, -0.2) is 41.9 Å². The third-order valence-electron chi connectivity index (χ3n) is 14.9. The topological polar surface area (TPSA) is 245 Å².